The molecule has 1 unspecified atom stereocenters. The number of furan rings is 1. The van der Waals surface area contributed by atoms with Crippen molar-refractivity contribution in [1.29, 1.82) is 5.26 Å². The van der Waals surface area contributed by atoms with Crippen molar-refractivity contribution in [2.24, 2.45) is 0 Å². The third kappa shape index (κ3) is 3.47. The molecule has 0 fully saturated rings. The van der Waals surface area contributed by atoms with Gasteiger partial charge in [0.15, 0.2) is 0 Å². The van der Waals surface area contributed by atoms with Crippen molar-refractivity contribution in [3.8, 4) is 6.07 Å². The van der Waals surface area contributed by atoms with E-state index in [1.54, 1.807) is 18.4 Å². The SMILES string of the molecule is CC(C)(C)S(=O)N[C@H](CC#N)c1ccco1. The van der Waals surface area contributed by atoms with Crippen LogP contribution in [0, 0.1) is 11.3 Å². The summed E-state index contributed by atoms with van der Waals surface area (Å²) in [5.41, 5.74) is 0. The summed E-state index contributed by atoms with van der Waals surface area (Å²) in [6.07, 6.45) is 1.77. The molecule has 2 atom stereocenters. The Morgan fingerprint density at radius 1 is 1.62 bits per heavy atom. The molecule has 0 spiro atoms. The van der Waals surface area contributed by atoms with Crippen LogP contribution in [0.25, 0.3) is 0 Å². The molecular formula is C11H16N2O2S. The fraction of sp³-hybridized carbons (Fsp3) is 0.545. The highest BCUT2D eigenvalue weighted by atomic mass is 32.2. The zero-order valence-corrected chi connectivity index (χ0v) is 10.5. The lowest BCUT2D eigenvalue weighted by Crippen LogP contribution is -2.35. The fourth-order valence-electron chi connectivity index (χ4n) is 1.09. The van der Waals surface area contributed by atoms with Gasteiger partial charge in [-0.2, -0.15) is 5.26 Å². The van der Waals surface area contributed by atoms with Crippen molar-refractivity contribution >= 4 is 11.0 Å². The Balaban J connectivity index is 2.75. The van der Waals surface area contributed by atoms with Gasteiger partial charge in [0, 0.05) is 0 Å². The number of nitriles is 1. The van der Waals surface area contributed by atoms with E-state index in [0.29, 0.717) is 5.76 Å². The molecule has 1 heterocycles. The highest BCUT2D eigenvalue weighted by Crippen LogP contribution is 2.20. The Bertz CT molecular complexity index is 387. The topological polar surface area (TPSA) is 66.0 Å². The molecule has 1 aromatic heterocycles. The molecule has 1 aromatic rings. The molecule has 1 rings (SSSR count). The lowest BCUT2D eigenvalue weighted by Gasteiger charge is -2.21. The smallest absolute Gasteiger partial charge is 0.122 e. The van der Waals surface area contributed by atoms with Gasteiger partial charge in [-0.1, -0.05) is 0 Å². The van der Waals surface area contributed by atoms with Gasteiger partial charge in [-0.05, 0) is 32.9 Å². The number of rotatable bonds is 4. The van der Waals surface area contributed by atoms with Crippen LogP contribution in [0.1, 0.15) is 39.0 Å². The molecule has 0 aromatic carbocycles. The molecule has 88 valence electrons. The third-order valence-corrected chi connectivity index (χ3v) is 3.60. The number of hydrogen-bond acceptors (Lipinski definition) is 3. The van der Waals surface area contributed by atoms with E-state index in [0.717, 1.165) is 0 Å². The van der Waals surface area contributed by atoms with E-state index in [1.807, 2.05) is 20.8 Å². The second-order valence-electron chi connectivity index (χ2n) is 4.43. The number of nitrogens with one attached hydrogen (secondary N) is 1. The average molecular weight is 240 g/mol. The third-order valence-electron chi connectivity index (χ3n) is 1.99. The van der Waals surface area contributed by atoms with Crippen LogP contribution in [0.15, 0.2) is 22.8 Å². The van der Waals surface area contributed by atoms with E-state index in [9.17, 15) is 4.21 Å². The van der Waals surface area contributed by atoms with Crippen LogP contribution in [0.5, 0.6) is 0 Å². The van der Waals surface area contributed by atoms with E-state index >= 15 is 0 Å². The highest BCUT2D eigenvalue weighted by Gasteiger charge is 2.24. The predicted octanol–water partition coefficient (Wildman–Crippen LogP) is 2.29. The van der Waals surface area contributed by atoms with Crippen LogP contribution < -0.4 is 4.72 Å². The maximum absolute atomic E-state index is 11.9. The van der Waals surface area contributed by atoms with Crippen LogP contribution in [-0.2, 0) is 11.0 Å². The van der Waals surface area contributed by atoms with Gasteiger partial charge in [-0.3, -0.25) is 0 Å². The summed E-state index contributed by atoms with van der Waals surface area (Å²) < 4.78 is 19.7. The molecular weight excluding hydrogens is 224 g/mol. The fourth-order valence-corrected chi connectivity index (χ4v) is 1.90. The van der Waals surface area contributed by atoms with Crippen molar-refractivity contribution in [2.75, 3.05) is 0 Å². The molecule has 0 aliphatic carbocycles. The van der Waals surface area contributed by atoms with E-state index in [2.05, 4.69) is 10.8 Å². The zero-order chi connectivity index (χ0) is 12.2. The quantitative estimate of drug-likeness (QED) is 0.878. The Labute approximate surface area is 98.2 Å². The maximum Gasteiger partial charge on any atom is 0.122 e. The molecule has 5 heteroatoms. The van der Waals surface area contributed by atoms with Crippen LogP contribution in [0.2, 0.25) is 0 Å². The minimum absolute atomic E-state index is 0.231. The first-order valence-electron chi connectivity index (χ1n) is 5.03. The van der Waals surface area contributed by atoms with Crippen molar-refractivity contribution in [1.82, 2.24) is 4.72 Å². The van der Waals surface area contributed by atoms with Crippen molar-refractivity contribution < 1.29 is 8.63 Å². The summed E-state index contributed by atoms with van der Waals surface area (Å²) in [5, 5.41) is 8.72. The van der Waals surface area contributed by atoms with Gasteiger partial charge >= 0.3 is 0 Å². The predicted molar refractivity (Wildman–Crippen MR) is 62.7 cm³/mol. The summed E-state index contributed by atoms with van der Waals surface area (Å²) >= 11 is 0. The monoisotopic (exact) mass is 240 g/mol. The van der Waals surface area contributed by atoms with Gasteiger partial charge in [0.1, 0.15) is 5.76 Å². The number of hydrogen-bond donors (Lipinski definition) is 1. The molecule has 0 saturated carbocycles. The Morgan fingerprint density at radius 3 is 2.75 bits per heavy atom. The summed E-state index contributed by atoms with van der Waals surface area (Å²) in [5.74, 6) is 0.638. The van der Waals surface area contributed by atoms with Crippen LogP contribution in [0.4, 0.5) is 0 Å². The van der Waals surface area contributed by atoms with Crippen molar-refractivity contribution in [3.05, 3.63) is 24.2 Å². The first-order valence-corrected chi connectivity index (χ1v) is 6.18. The van der Waals surface area contributed by atoms with Crippen LogP contribution in [0.3, 0.4) is 0 Å². The zero-order valence-electron chi connectivity index (χ0n) is 9.69. The molecule has 4 nitrogen and oxygen atoms in total. The normalized spacial score (nSPS) is 15.4. The van der Waals surface area contributed by atoms with Gasteiger partial charge in [0.05, 0.1) is 40.5 Å². The van der Waals surface area contributed by atoms with Gasteiger partial charge < -0.3 is 4.42 Å². The molecule has 0 amide bonds. The molecule has 1 N–H and O–H groups in total. The lowest BCUT2D eigenvalue weighted by molar-refractivity contribution is 0.451. The Morgan fingerprint density at radius 2 is 2.31 bits per heavy atom. The summed E-state index contributed by atoms with van der Waals surface area (Å²) in [4.78, 5) is 0. The second kappa shape index (κ2) is 5.28. The first-order chi connectivity index (χ1) is 7.45. The molecule has 0 aliphatic heterocycles. The van der Waals surface area contributed by atoms with Gasteiger partial charge in [-0.15, -0.1) is 0 Å². The molecule has 0 aliphatic rings. The van der Waals surface area contributed by atoms with Gasteiger partial charge in [0.2, 0.25) is 0 Å². The van der Waals surface area contributed by atoms with Crippen LogP contribution >= 0.6 is 0 Å². The molecule has 0 radical (unpaired) electrons. The largest absolute Gasteiger partial charge is 0.468 e. The van der Waals surface area contributed by atoms with E-state index in [-0.39, 0.29) is 17.2 Å². The minimum atomic E-state index is -1.21. The van der Waals surface area contributed by atoms with E-state index in [1.165, 1.54) is 0 Å². The van der Waals surface area contributed by atoms with Gasteiger partial charge in [-0.25, -0.2) is 8.93 Å². The molecule has 16 heavy (non-hydrogen) atoms. The first kappa shape index (κ1) is 12.9. The molecule has 0 saturated heterocycles. The lowest BCUT2D eigenvalue weighted by atomic mass is 10.2. The summed E-state index contributed by atoms with van der Waals surface area (Å²) in [6, 6.07) is 5.26. The van der Waals surface area contributed by atoms with Crippen LogP contribution in [-0.4, -0.2) is 8.96 Å². The highest BCUT2D eigenvalue weighted by molar-refractivity contribution is 7.84. The Kier molecular flexibility index (Phi) is 4.27. The Hall–Kier alpha value is -1.12. The average Bonchev–Trinajstić information content (AvgIpc) is 2.68. The number of nitrogens with zero attached hydrogens (tertiary/aromatic N) is 1. The standard InChI is InChI=1S/C11H16N2O2S/c1-11(2,3)16(14)13-9(6-7-12)10-5-4-8-15-10/h4-5,8-9,13H,6H2,1-3H3/t9-,16?/m1/s1. The van der Waals surface area contributed by atoms with Crippen molar-refractivity contribution in [2.45, 2.75) is 38.0 Å². The summed E-state index contributed by atoms with van der Waals surface area (Å²) in [6.45, 7) is 5.63. The summed E-state index contributed by atoms with van der Waals surface area (Å²) in [7, 11) is -1.21. The van der Waals surface area contributed by atoms with Crippen molar-refractivity contribution in [3.63, 3.8) is 0 Å². The maximum atomic E-state index is 11.9. The second-order valence-corrected chi connectivity index (χ2v) is 6.43. The van der Waals surface area contributed by atoms with E-state index < -0.39 is 11.0 Å². The molecule has 0 bridgehead atoms. The minimum Gasteiger partial charge on any atom is -0.468 e. The van der Waals surface area contributed by atoms with E-state index in [4.69, 9.17) is 9.68 Å². The van der Waals surface area contributed by atoms with Gasteiger partial charge in [0.25, 0.3) is 0 Å².